The van der Waals surface area contributed by atoms with Gasteiger partial charge in [-0.25, -0.2) is 4.98 Å². The van der Waals surface area contributed by atoms with Gasteiger partial charge >= 0.3 is 0 Å². The van der Waals surface area contributed by atoms with Crippen molar-refractivity contribution in [2.75, 3.05) is 12.4 Å². The number of methoxy groups -OCH3 is 1. The van der Waals surface area contributed by atoms with Crippen LogP contribution in [-0.4, -0.2) is 23.1 Å². The van der Waals surface area contributed by atoms with Crippen molar-refractivity contribution < 1.29 is 13.9 Å². The van der Waals surface area contributed by atoms with Crippen LogP contribution in [0.4, 0.5) is 5.69 Å². The third-order valence-electron chi connectivity index (χ3n) is 6.50. The second kappa shape index (κ2) is 10.4. The van der Waals surface area contributed by atoms with Gasteiger partial charge in [0.25, 0.3) is 5.91 Å². The van der Waals surface area contributed by atoms with E-state index >= 15 is 0 Å². The van der Waals surface area contributed by atoms with Crippen molar-refractivity contribution >= 4 is 50.8 Å². The lowest BCUT2D eigenvalue weighted by Crippen LogP contribution is -2.34. The molecule has 1 aromatic heterocycles. The van der Waals surface area contributed by atoms with Crippen LogP contribution in [0.3, 0.4) is 0 Å². The standard InChI is InChI=1S/C30H27N3O3S/c1-4-18(2)19-12-13-26-25(16-19)32-29(36-26)22-10-7-11-23(14-22)31-30(37)33-28(34)24-15-20-8-5-6-9-21(20)17-27(24)35-3/h5-18H,4H2,1-3H3,(H2,31,33,34,37). The predicted octanol–water partition coefficient (Wildman–Crippen LogP) is 7.30. The minimum atomic E-state index is -0.354. The number of hydrogen-bond donors (Lipinski definition) is 2. The van der Waals surface area contributed by atoms with E-state index in [-0.39, 0.29) is 11.0 Å². The molecular formula is C30H27N3O3S. The second-order valence-electron chi connectivity index (χ2n) is 8.94. The Balaban J connectivity index is 1.33. The number of nitrogens with one attached hydrogen (secondary N) is 2. The summed E-state index contributed by atoms with van der Waals surface area (Å²) in [6.07, 6.45) is 1.06. The highest BCUT2D eigenvalue weighted by Crippen LogP contribution is 2.29. The number of aromatic nitrogens is 1. The molecule has 2 N–H and O–H groups in total. The number of nitrogens with zero attached hydrogens (tertiary/aromatic N) is 1. The molecule has 0 spiro atoms. The molecule has 4 aromatic carbocycles. The predicted molar refractivity (Wildman–Crippen MR) is 152 cm³/mol. The average molecular weight is 510 g/mol. The highest BCUT2D eigenvalue weighted by molar-refractivity contribution is 7.80. The Morgan fingerprint density at radius 3 is 2.57 bits per heavy atom. The molecule has 0 bridgehead atoms. The summed E-state index contributed by atoms with van der Waals surface area (Å²) in [6, 6.07) is 25.1. The van der Waals surface area contributed by atoms with Gasteiger partial charge in [-0.3, -0.25) is 10.1 Å². The fraction of sp³-hybridized carbons (Fsp3) is 0.167. The fourth-order valence-electron chi connectivity index (χ4n) is 4.24. The van der Waals surface area contributed by atoms with Crippen LogP contribution in [-0.2, 0) is 0 Å². The van der Waals surface area contributed by atoms with Crippen molar-refractivity contribution in [3.05, 3.63) is 90.0 Å². The van der Waals surface area contributed by atoms with Gasteiger partial charge < -0.3 is 14.5 Å². The van der Waals surface area contributed by atoms with E-state index in [1.807, 2.05) is 60.7 Å². The van der Waals surface area contributed by atoms with Crippen LogP contribution in [0.1, 0.15) is 42.1 Å². The molecule has 1 unspecified atom stereocenters. The van der Waals surface area contributed by atoms with Crippen molar-refractivity contribution in [2.24, 2.45) is 0 Å². The largest absolute Gasteiger partial charge is 0.496 e. The van der Waals surface area contributed by atoms with Gasteiger partial charge in [0.1, 0.15) is 11.3 Å². The van der Waals surface area contributed by atoms with Crippen LogP contribution in [0.15, 0.2) is 83.3 Å². The van der Waals surface area contributed by atoms with Crippen molar-refractivity contribution in [3.63, 3.8) is 0 Å². The highest BCUT2D eigenvalue weighted by atomic mass is 32.1. The minimum Gasteiger partial charge on any atom is -0.496 e. The van der Waals surface area contributed by atoms with Gasteiger partial charge in [-0.15, -0.1) is 0 Å². The van der Waals surface area contributed by atoms with Gasteiger partial charge in [-0.05, 0) is 83.4 Å². The number of anilines is 1. The zero-order chi connectivity index (χ0) is 25.9. The Kier molecular flexibility index (Phi) is 6.88. The van der Waals surface area contributed by atoms with Crippen LogP contribution in [0.2, 0.25) is 0 Å². The number of ether oxygens (including phenoxy) is 1. The molecule has 0 aliphatic heterocycles. The summed E-state index contributed by atoms with van der Waals surface area (Å²) < 4.78 is 11.5. The summed E-state index contributed by atoms with van der Waals surface area (Å²) in [5, 5.41) is 7.93. The molecule has 0 saturated carbocycles. The van der Waals surface area contributed by atoms with Gasteiger partial charge in [0.2, 0.25) is 5.89 Å². The Hall–Kier alpha value is -4.23. The van der Waals surface area contributed by atoms with E-state index < -0.39 is 0 Å². The van der Waals surface area contributed by atoms with Gasteiger partial charge in [0.15, 0.2) is 10.7 Å². The highest BCUT2D eigenvalue weighted by Gasteiger charge is 2.16. The third kappa shape index (κ3) is 5.17. The lowest BCUT2D eigenvalue weighted by atomic mass is 9.98. The Morgan fingerprint density at radius 1 is 1.03 bits per heavy atom. The van der Waals surface area contributed by atoms with Crippen molar-refractivity contribution in [1.82, 2.24) is 10.3 Å². The smallest absolute Gasteiger partial charge is 0.261 e. The maximum atomic E-state index is 13.0. The number of benzene rings is 4. The first kappa shape index (κ1) is 24.5. The first-order valence-corrected chi connectivity index (χ1v) is 12.6. The van der Waals surface area contributed by atoms with E-state index in [4.69, 9.17) is 26.4 Å². The number of carbonyl (C=O) groups is 1. The molecule has 0 fully saturated rings. The summed E-state index contributed by atoms with van der Waals surface area (Å²) >= 11 is 5.43. The number of oxazole rings is 1. The maximum Gasteiger partial charge on any atom is 0.261 e. The SMILES string of the molecule is CCC(C)c1ccc2oc(-c3cccc(NC(=S)NC(=O)c4cc5ccccc5cc4OC)c3)nc2c1. The maximum absolute atomic E-state index is 13.0. The summed E-state index contributed by atoms with van der Waals surface area (Å²) in [6.45, 7) is 4.38. The molecule has 0 saturated heterocycles. The number of rotatable bonds is 6. The van der Waals surface area contributed by atoms with Crippen LogP contribution in [0.5, 0.6) is 5.75 Å². The van der Waals surface area contributed by atoms with E-state index in [1.165, 1.54) is 5.56 Å². The topological polar surface area (TPSA) is 76.4 Å². The van der Waals surface area contributed by atoms with Crippen LogP contribution >= 0.6 is 12.2 Å². The number of carbonyl (C=O) groups excluding carboxylic acids is 1. The molecule has 0 aliphatic rings. The first-order chi connectivity index (χ1) is 17.9. The fourth-order valence-corrected chi connectivity index (χ4v) is 4.45. The lowest BCUT2D eigenvalue weighted by Gasteiger charge is -2.13. The summed E-state index contributed by atoms with van der Waals surface area (Å²) in [5.74, 6) is 1.11. The van der Waals surface area contributed by atoms with Crippen LogP contribution in [0, 0.1) is 0 Å². The number of fused-ring (bicyclic) bond motifs is 2. The molecule has 6 nitrogen and oxygen atoms in total. The van der Waals surface area contributed by atoms with Gasteiger partial charge in [0, 0.05) is 11.3 Å². The van der Waals surface area contributed by atoms with Gasteiger partial charge in [-0.1, -0.05) is 50.2 Å². The molecule has 0 aliphatic carbocycles. The summed E-state index contributed by atoms with van der Waals surface area (Å²) in [5.41, 5.74) is 4.73. The zero-order valence-electron chi connectivity index (χ0n) is 20.9. The number of amides is 1. The van der Waals surface area contributed by atoms with Gasteiger partial charge in [-0.2, -0.15) is 0 Å². The number of thiocarbonyl (C=S) groups is 1. The molecule has 186 valence electrons. The Bertz CT molecular complexity index is 1630. The van der Waals surface area contributed by atoms with Crippen molar-refractivity contribution in [2.45, 2.75) is 26.2 Å². The monoisotopic (exact) mass is 509 g/mol. The normalized spacial score (nSPS) is 11.9. The van der Waals surface area contributed by atoms with Crippen LogP contribution < -0.4 is 15.4 Å². The molecular weight excluding hydrogens is 482 g/mol. The summed E-state index contributed by atoms with van der Waals surface area (Å²) in [4.78, 5) is 17.7. The first-order valence-electron chi connectivity index (χ1n) is 12.1. The van der Waals surface area contributed by atoms with E-state index in [0.717, 1.165) is 33.9 Å². The van der Waals surface area contributed by atoms with E-state index in [2.05, 4.69) is 36.6 Å². The molecule has 1 amide bonds. The molecule has 5 rings (SSSR count). The average Bonchev–Trinajstić information content (AvgIpc) is 3.35. The third-order valence-corrected chi connectivity index (χ3v) is 6.70. The number of hydrogen-bond acceptors (Lipinski definition) is 5. The van der Waals surface area contributed by atoms with Gasteiger partial charge in [0.05, 0.1) is 12.7 Å². The molecule has 0 radical (unpaired) electrons. The van der Waals surface area contributed by atoms with Crippen molar-refractivity contribution in [3.8, 4) is 17.2 Å². The van der Waals surface area contributed by atoms with E-state index in [9.17, 15) is 4.79 Å². The quantitative estimate of drug-likeness (QED) is 0.234. The Morgan fingerprint density at radius 2 is 1.81 bits per heavy atom. The summed E-state index contributed by atoms with van der Waals surface area (Å²) in [7, 11) is 1.54. The molecule has 1 atom stereocenters. The zero-order valence-corrected chi connectivity index (χ0v) is 21.7. The second-order valence-corrected chi connectivity index (χ2v) is 9.35. The van der Waals surface area contributed by atoms with E-state index in [1.54, 1.807) is 13.2 Å². The molecule has 7 heteroatoms. The minimum absolute atomic E-state index is 0.174. The van der Waals surface area contributed by atoms with E-state index in [0.29, 0.717) is 28.8 Å². The lowest BCUT2D eigenvalue weighted by molar-refractivity contribution is 0.0975. The Labute approximate surface area is 220 Å². The molecule has 37 heavy (non-hydrogen) atoms. The molecule has 1 heterocycles. The van der Waals surface area contributed by atoms with Crippen molar-refractivity contribution in [1.29, 1.82) is 0 Å². The molecule has 5 aromatic rings. The van der Waals surface area contributed by atoms with Crippen LogP contribution in [0.25, 0.3) is 33.3 Å².